The lowest BCUT2D eigenvalue weighted by molar-refractivity contribution is 0.170. The van der Waals surface area contributed by atoms with Gasteiger partial charge in [0, 0.05) is 13.2 Å². The number of hydrogen-bond donors (Lipinski definition) is 0. The maximum absolute atomic E-state index is 5.76. The van der Waals surface area contributed by atoms with Gasteiger partial charge in [-0.15, -0.1) is 0 Å². The highest BCUT2D eigenvalue weighted by molar-refractivity contribution is 9.26. The van der Waals surface area contributed by atoms with Crippen molar-refractivity contribution in [1.29, 1.82) is 0 Å². The van der Waals surface area contributed by atoms with Crippen molar-refractivity contribution in [2.24, 2.45) is 0 Å². The molecular formula is C10H26O2S4Si2. The van der Waals surface area contributed by atoms with Crippen LogP contribution in [0, 0.1) is 0 Å². The summed E-state index contributed by atoms with van der Waals surface area (Å²) in [5, 5.41) is 0.852. The summed E-state index contributed by atoms with van der Waals surface area (Å²) in [5.74, 6) is 0. The molecule has 18 heavy (non-hydrogen) atoms. The summed E-state index contributed by atoms with van der Waals surface area (Å²) >= 11 is 0. The van der Waals surface area contributed by atoms with Gasteiger partial charge in [0.05, 0.1) is 27.7 Å². The van der Waals surface area contributed by atoms with Gasteiger partial charge in [0.1, 0.15) is 0 Å². The molecule has 0 aliphatic rings. The molecule has 0 aromatic rings. The van der Waals surface area contributed by atoms with Crippen molar-refractivity contribution in [2.75, 3.05) is 13.2 Å². The van der Waals surface area contributed by atoms with Crippen LogP contribution in [0.4, 0.5) is 0 Å². The smallest absolute Gasteiger partial charge is 0.0982 e. The van der Waals surface area contributed by atoms with Crippen LogP contribution in [0.25, 0.3) is 0 Å². The summed E-state index contributed by atoms with van der Waals surface area (Å²) in [5.41, 5.74) is 0. The van der Waals surface area contributed by atoms with E-state index in [4.69, 9.17) is 9.47 Å². The van der Waals surface area contributed by atoms with Crippen molar-refractivity contribution in [3.05, 3.63) is 0 Å². The van der Waals surface area contributed by atoms with Crippen molar-refractivity contribution in [2.45, 2.75) is 50.2 Å². The average Bonchev–Trinajstić information content (AvgIpc) is 2.30. The van der Waals surface area contributed by atoms with Gasteiger partial charge in [0.25, 0.3) is 0 Å². The highest BCUT2D eigenvalue weighted by Gasteiger charge is 2.18. The lowest BCUT2D eigenvalue weighted by atomic mass is 10.9. The fourth-order valence-corrected chi connectivity index (χ4v) is 15.8. The summed E-state index contributed by atoms with van der Waals surface area (Å²) in [6.07, 6.45) is 0. The van der Waals surface area contributed by atoms with E-state index in [1.165, 1.54) is 0 Å². The van der Waals surface area contributed by atoms with Crippen LogP contribution in [0.3, 0.4) is 0 Å². The molecule has 0 spiro atoms. The van der Waals surface area contributed by atoms with Gasteiger partial charge in [-0.25, -0.2) is 0 Å². The molecule has 8 heteroatoms. The topological polar surface area (TPSA) is 18.5 Å². The molecule has 0 aliphatic carbocycles. The van der Waals surface area contributed by atoms with Crippen LogP contribution in [0.15, 0.2) is 0 Å². The summed E-state index contributed by atoms with van der Waals surface area (Å²) < 4.78 is 11.5. The van der Waals surface area contributed by atoms with Gasteiger partial charge in [0.2, 0.25) is 0 Å². The normalized spacial score (nSPS) is 15.3. The molecule has 0 N–H and O–H groups in total. The third-order valence-corrected chi connectivity index (χ3v) is 15.9. The van der Waals surface area contributed by atoms with Gasteiger partial charge in [-0.2, -0.15) is 0 Å². The first kappa shape index (κ1) is 19.8. The van der Waals surface area contributed by atoms with Crippen molar-refractivity contribution in [1.82, 2.24) is 0 Å². The zero-order valence-electron chi connectivity index (χ0n) is 12.2. The fraction of sp³-hybridized carbons (Fsp3) is 1.00. The maximum atomic E-state index is 5.76. The summed E-state index contributed by atoms with van der Waals surface area (Å²) in [4.78, 5) is 0. The van der Waals surface area contributed by atoms with Crippen LogP contribution in [0.1, 0.15) is 13.8 Å². The monoisotopic (exact) mass is 362 g/mol. The largest absolute Gasteiger partial charge is 0.371 e. The van der Waals surface area contributed by atoms with Crippen LogP contribution in [0.5, 0.6) is 0 Å². The molecule has 2 unspecified atom stereocenters. The first-order valence-electron chi connectivity index (χ1n) is 6.41. The van der Waals surface area contributed by atoms with Gasteiger partial charge in [0.15, 0.2) is 0 Å². The highest BCUT2D eigenvalue weighted by atomic mass is 33.7. The standard InChI is InChI=1S/C10H26O2S4Si2/c1-7-11-9(17(3)4)13-15-16-14-10(12-8-2)18(5)6/h9-10,17-18H,7-8H2,1-6H3. The predicted octanol–water partition coefficient (Wildman–Crippen LogP) is 4.44. The Bertz CT molecular complexity index is 179. The fourth-order valence-electron chi connectivity index (χ4n) is 1.10. The third-order valence-electron chi connectivity index (χ3n) is 2.05. The molecule has 0 aromatic heterocycles. The van der Waals surface area contributed by atoms with Crippen molar-refractivity contribution in [3.63, 3.8) is 0 Å². The van der Waals surface area contributed by atoms with Gasteiger partial charge in [-0.1, -0.05) is 47.8 Å². The SMILES string of the molecule is CCOC(SSSSC(OCC)[SiH](C)C)[SiH](C)C. The molecule has 110 valence electrons. The average molecular weight is 363 g/mol. The molecule has 0 bridgehead atoms. The number of ether oxygens (including phenoxy) is 2. The van der Waals surface area contributed by atoms with Gasteiger partial charge >= 0.3 is 0 Å². The Kier molecular flexibility index (Phi) is 13.7. The molecule has 0 radical (unpaired) electrons. The lowest BCUT2D eigenvalue weighted by Gasteiger charge is -2.20. The molecule has 2 nitrogen and oxygen atoms in total. The van der Waals surface area contributed by atoms with E-state index in [0.29, 0.717) is 10.1 Å². The molecular weight excluding hydrogens is 337 g/mol. The number of rotatable bonds is 11. The molecule has 0 rings (SSSR count). The quantitative estimate of drug-likeness (QED) is 0.232. The zero-order valence-corrected chi connectivity index (χ0v) is 17.7. The highest BCUT2D eigenvalue weighted by Crippen LogP contribution is 2.47. The minimum absolute atomic E-state index is 0.426. The second-order valence-electron chi connectivity index (χ2n) is 4.46. The number of hydrogen-bond acceptors (Lipinski definition) is 6. The Hall–Kier alpha value is 1.75. The van der Waals surface area contributed by atoms with Crippen LogP contribution in [-0.4, -0.2) is 40.9 Å². The van der Waals surface area contributed by atoms with Gasteiger partial charge < -0.3 is 9.47 Å². The van der Waals surface area contributed by atoms with E-state index < -0.39 is 17.6 Å². The predicted molar refractivity (Wildman–Crippen MR) is 98.9 cm³/mol. The van der Waals surface area contributed by atoms with E-state index in [1.807, 2.05) is 41.2 Å². The van der Waals surface area contributed by atoms with Crippen molar-refractivity contribution < 1.29 is 9.47 Å². The van der Waals surface area contributed by atoms with E-state index >= 15 is 0 Å². The van der Waals surface area contributed by atoms with Crippen LogP contribution in [-0.2, 0) is 9.47 Å². The van der Waals surface area contributed by atoms with Crippen LogP contribution in [0.2, 0.25) is 26.2 Å². The molecule has 0 aromatic carbocycles. The molecule has 2 atom stereocenters. The van der Waals surface area contributed by atoms with Crippen molar-refractivity contribution in [3.8, 4) is 0 Å². The van der Waals surface area contributed by atoms with Crippen molar-refractivity contribution >= 4 is 58.8 Å². The molecule has 0 fully saturated rings. The third kappa shape index (κ3) is 9.63. The second kappa shape index (κ2) is 12.5. The summed E-state index contributed by atoms with van der Waals surface area (Å²) in [6.45, 7) is 15.2. The van der Waals surface area contributed by atoms with E-state index in [-0.39, 0.29) is 0 Å². The van der Waals surface area contributed by atoms with E-state index in [1.54, 1.807) is 0 Å². The Morgan fingerprint density at radius 3 is 1.33 bits per heavy atom. The Morgan fingerprint density at radius 1 is 0.778 bits per heavy atom. The molecule has 0 amide bonds. The molecule has 0 heterocycles. The lowest BCUT2D eigenvalue weighted by Crippen LogP contribution is -2.24. The summed E-state index contributed by atoms with van der Waals surface area (Å²) in [7, 11) is 6.01. The molecule has 0 saturated heterocycles. The Morgan fingerprint density at radius 2 is 1.11 bits per heavy atom. The maximum Gasteiger partial charge on any atom is 0.0982 e. The van der Waals surface area contributed by atoms with E-state index in [9.17, 15) is 0 Å². The van der Waals surface area contributed by atoms with Crippen LogP contribution >= 0.6 is 41.2 Å². The second-order valence-corrected chi connectivity index (χ2v) is 17.6. The Labute approximate surface area is 131 Å². The summed E-state index contributed by atoms with van der Waals surface area (Å²) in [6, 6.07) is 0. The minimum atomic E-state index is -0.729. The van der Waals surface area contributed by atoms with Gasteiger partial charge in [-0.3, -0.25) is 0 Å². The first-order valence-corrected chi connectivity index (χ1v) is 17.3. The van der Waals surface area contributed by atoms with E-state index in [0.717, 1.165) is 13.2 Å². The van der Waals surface area contributed by atoms with Gasteiger partial charge in [-0.05, 0) is 33.5 Å². The Balaban J connectivity index is 3.80. The molecule has 0 aliphatic heterocycles. The van der Waals surface area contributed by atoms with Crippen LogP contribution < -0.4 is 0 Å². The molecule has 0 saturated carbocycles. The van der Waals surface area contributed by atoms with E-state index in [2.05, 4.69) is 40.0 Å². The zero-order chi connectivity index (χ0) is 14.0. The first-order chi connectivity index (χ1) is 8.52. The minimum Gasteiger partial charge on any atom is -0.371 e.